The summed E-state index contributed by atoms with van der Waals surface area (Å²) >= 11 is 0. The van der Waals surface area contributed by atoms with E-state index in [0.29, 0.717) is 12.1 Å². The van der Waals surface area contributed by atoms with Crippen LogP contribution < -0.4 is 10.1 Å². The lowest BCUT2D eigenvalue weighted by Crippen LogP contribution is -2.35. The molecule has 0 aliphatic carbocycles. The molecule has 0 aliphatic heterocycles. The van der Waals surface area contributed by atoms with Gasteiger partial charge in [0.25, 0.3) is 5.91 Å². The molecule has 0 saturated carbocycles. The molecule has 132 valence electrons. The topological polar surface area (TPSA) is 64.6 Å². The molecule has 0 spiro atoms. The number of carbonyl (C=O) groups is 2. The molecule has 0 radical (unpaired) electrons. The van der Waals surface area contributed by atoms with Gasteiger partial charge in [-0.2, -0.15) is 0 Å². The maximum Gasteiger partial charge on any atom is 0.573 e. The summed E-state index contributed by atoms with van der Waals surface area (Å²) < 4.78 is 44.7. The first-order chi connectivity index (χ1) is 11.2. The van der Waals surface area contributed by atoms with Crippen molar-refractivity contribution in [1.29, 1.82) is 0 Å². The number of carbonyl (C=O) groups excluding carboxylic acids is 2. The third-order valence-corrected chi connectivity index (χ3v) is 2.74. The number of esters is 1. The molecule has 8 heteroatoms. The van der Waals surface area contributed by atoms with Crippen molar-refractivity contribution in [3.63, 3.8) is 0 Å². The number of amides is 1. The zero-order valence-electron chi connectivity index (χ0n) is 13.2. The maximum atomic E-state index is 12.0. The second-order valence-corrected chi connectivity index (χ2v) is 4.82. The Labute approximate surface area is 137 Å². The summed E-state index contributed by atoms with van der Waals surface area (Å²) in [4.78, 5) is 23.1. The Morgan fingerprint density at radius 1 is 1.25 bits per heavy atom. The molecular formula is C16H18F3NO4. The molecule has 0 bridgehead atoms. The summed E-state index contributed by atoms with van der Waals surface area (Å²) in [5, 5.41) is 2.59. The lowest BCUT2D eigenvalue weighted by atomic mass is 10.2. The molecular weight excluding hydrogens is 327 g/mol. The zero-order chi connectivity index (χ0) is 18.2. The number of hydrogen-bond donors (Lipinski definition) is 1. The average Bonchev–Trinajstić information content (AvgIpc) is 2.50. The SMILES string of the molecule is CCCNC(=O)[C@@H](C)OC(=O)/C=C/c1ccc(OC(F)(F)F)cc1. The molecule has 1 N–H and O–H groups in total. The van der Waals surface area contributed by atoms with Crippen molar-refractivity contribution >= 4 is 18.0 Å². The van der Waals surface area contributed by atoms with Crippen molar-refractivity contribution in [2.75, 3.05) is 6.54 Å². The first-order valence-corrected chi connectivity index (χ1v) is 7.23. The fourth-order valence-corrected chi connectivity index (χ4v) is 1.60. The van der Waals surface area contributed by atoms with Crippen LogP contribution in [0.5, 0.6) is 5.75 Å². The molecule has 1 amide bonds. The minimum Gasteiger partial charge on any atom is -0.449 e. The number of halogens is 3. The van der Waals surface area contributed by atoms with Crippen LogP contribution in [-0.2, 0) is 14.3 Å². The van der Waals surface area contributed by atoms with Gasteiger partial charge in [0.05, 0.1) is 0 Å². The fraction of sp³-hybridized carbons (Fsp3) is 0.375. The van der Waals surface area contributed by atoms with Crippen LogP contribution in [0.4, 0.5) is 13.2 Å². The van der Waals surface area contributed by atoms with Gasteiger partial charge in [-0.05, 0) is 37.1 Å². The predicted octanol–water partition coefficient (Wildman–Crippen LogP) is 3.06. The van der Waals surface area contributed by atoms with Crippen LogP contribution >= 0.6 is 0 Å². The van der Waals surface area contributed by atoms with Gasteiger partial charge in [-0.25, -0.2) is 4.79 Å². The van der Waals surface area contributed by atoms with Crippen molar-refractivity contribution < 1.29 is 32.2 Å². The highest BCUT2D eigenvalue weighted by molar-refractivity contribution is 5.90. The second-order valence-electron chi connectivity index (χ2n) is 4.82. The van der Waals surface area contributed by atoms with E-state index in [1.54, 1.807) is 0 Å². The quantitative estimate of drug-likeness (QED) is 0.609. The van der Waals surface area contributed by atoms with E-state index in [1.807, 2.05) is 6.92 Å². The lowest BCUT2D eigenvalue weighted by molar-refractivity contribution is -0.274. The van der Waals surface area contributed by atoms with E-state index in [1.165, 1.54) is 25.1 Å². The van der Waals surface area contributed by atoms with Gasteiger partial charge in [-0.15, -0.1) is 13.2 Å². The Balaban J connectivity index is 2.53. The van der Waals surface area contributed by atoms with E-state index in [-0.39, 0.29) is 5.75 Å². The predicted molar refractivity (Wildman–Crippen MR) is 81.0 cm³/mol. The first kappa shape index (κ1) is 19.5. The van der Waals surface area contributed by atoms with Crippen LogP contribution in [0.15, 0.2) is 30.3 Å². The van der Waals surface area contributed by atoms with Gasteiger partial charge in [0.15, 0.2) is 6.10 Å². The van der Waals surface area contributed by atoms with Crippen LogP contribution in [0.25, 0.3) is 6.08 Å². The van der Waals surface area contributed by atoms with E-state index in [0.717, 1.165) is 24.6 Å². The van der Waals surface area contributed by atoms with Crippen molar-refractivity contribution in [1.82, 2.24) is 5.32 Å². The number of nitrogens with one attached hydrogen (secondary N) is 1. The third kappa shape index (κ3) is 7.66. The average molecular weight is 345 g/mol. The van der Waals surface area contributed by atoms with Crippen molar-refractivity contribution in [2.45, 2.75) is 32.7 Å². The van der Waals surface area contributed by atoms with Gasteiger partial charge in [-0.1, -0.05) is 19.1 Å². The second kappa shape index (κ2) is 8.95. The van der Waals surface area contributed by atoms with Crippen molar-refractivity contribution in [3.05, 3.63) is 35.9 Å². The number of ether oxygens (including phenoxy) is 2. The molecule has 0 fully saturated rings. The molecule has 0 heterocycles. The molecule has 24 heavy (non-hydrogen) atoms. The summed E-state index contributed by atoms with van der Waals surface area (Å²) in [5.41, 5.74) is 0.476. The largest absolute Gasteiger partial charge is 0.573 e. The van der Waals surface area contributed by atoms with Crippen molar-refractivity contribution in [2.24, 2.45) is 0 Å². The van der Waals surface area contributed by atoms with E-state index in [2.05, 4.69) is 10.1 Å². The number of benzene rings is 1. The molecule has 0 saturated heterocycles. The third-order valence-electron chi connectivity index (χ3n) is 2.74. The highest BCUT2D eigenvalue weighted by atomic mass is 19.4. The van der Waals surface area contributed by atoms with Crippen LogP contribution in [0, 0.1) is 0 Å². The summed E-state index contributed by atoms with van der Waals surface area (Å²) in [6.45, 7) is 3.83. The van der Waals surface area contributed by atoms with Crippen LogP contribution in [0.1, 0.15) is 25.8 Å². The van der Waals surface area contributed by atoms with E-state index in [4.69, 9.17) is 4.74 Å². The van der Waals surface area contributed by atoms with Crippen LogP contribution in [-0.4, -0.2) is 30.9 Å². The monoisotopic (exact) mass is 345 g/mol. The number of hydrogen-bond acceptors (Lipinski definition) is 4. The summed E-state index contributed by atoms with van der Waals surface area (Å²) in [7, 11) is 0. The first-order valence-electron chi connectivity index (χ1n) is 7.23. The number of rotatable bonds is 7. The Morgan fingerprint density at radius 2 is 1.88 bits per heavy atom. The summed E-state index contributed by atoms with van der Waals surface area (Å²) in [5.74, 6) is -1.49. The minimum atomic E-state index is -4.75. The Morgan fingerprint density at radius 3 is 2.42 bits per heavy atom. The maximum absolute atomic E-state index is 12.0. The molecule has 0 aliphatic rings. The Kier molecular flexibility index (Phi) is 7.29. The molecule has 1 atom stereocenters. The van der Waals surface area contributed by atoms with Gasteiger partial charge in [0, 0.05) is 12.6 Å². The highest BCUT2D eigenvalue weighted by Gasteiger charge is 2.30. The van der Waals surface area contributed by atoms with E-state index >= 15 is 0 Å². The smallest absolute Gasteiger partial charge is 0.449 e. The van der Waals surface area contributed by atoms with Gasteiger partial charge in [-0.3, -0.25) is 4.79 Å². The number of alkyl halides is 3. The lowest BCUT2D eigenvalue weighted by Gasteiger charge is -2.11. The van der Waals surface area contributed by atoms with E-state index < -0.39 is 24.3 Å². The van der Waals surface area contributed by atoms with Crippen LogP contribution in [0.3, 0.4) is 0 Å². The summed E-state index contributed by atoms with van der Waals surface area (Å²) in [6.07, 6.45) is -2.48. The van der Waals surface area contributed by atoms with Gasteiger partial charge >= 0.3 is 12.3 Å². The van der Waals surface area contributed by atoms with Crippen LogP contribution in [0.2, 0.25) is 0 Å². The molecule has 1 rings (SSSR count). The fourth-order valence-electron chi connectivity index (χ4n) is 1.60. The van der Waals surface area contributed by atoms with E-state index in [9.17, 15) is 22.8 Å². The Hall–Kier alpha value is -2.51. The van der Waals surface area contributed by atoms with Gasteiger partial charge in [0.1, 0.15) is 5.75 Å². The normalized spacial score (nSPS) is 12.7. The minimum absolute atomic E-state index is 0.358. The molecule has 1 aromatic carbocycles. The molecule has 0 aromatic heterocycles. The Bertz CT molecular complexity index is 582. The standard InChI is InChI=1S/C16H18F3NO4/c1-3-10-20-15(22)11(2)23-14(21)9-6-12-4-7-13(8-5-12)24-16(17,18)19/h4-9,11H,3,10H2,1-2H3,(H,20,22)/b9-6+/t11-/m1/s1. The molecule has 1 aromatic rings. The molecule has 5 nitrogen and oxygen atoms in total. The summed E-state index contributed by atoms with van der Waals surface area (Å²) in [6, 6.07) is 4.95. The zero-order valence-corrected chi connectivity index (χ0v) is 13.2. The van der Waals surface area contributed by atoms with Crippen molar-refractivity contribution in [3.8, 4) is 5.75 Å². The molecule has 0 unspecified atom stereocenters. The van der Waals surface area contributed by atoms with Gasteiger partial charge in [0.2, 0.25) is 0 Å². The highest BCUT2D eigenvalue weighted by Crippen LogP contribution is 2.22. The van der Waals surface area contributed by atoms with Gasteiger partial charge < -0.3 is 14.8 Å².